The third kappa shape index (κ3) is 2.84. The highest BCUT2D eigenvalue weighted by Gasteiger charge is 2.29. The van der Waals surface area contributed by atoms with Crippen molar-refractivity contribution in [1.82, 2.24) is 25.2 Å². The van der Waals surface area contributed by atoms with Crippen molar-refractivity contribution in [2.24, 2.45) is 0 Å². The monoisotopic (exact) mass is 261 g/mol. The van der Waals surface area contributed by atoms with E-state index < -0.39 is 0 Å². The van der Waals surface area contributed by atoms with Crippen molar-refractivity contribution in [2.75, 3.05) is 0 Å². The SMILES string of the molecule is C[C@H](NCc1noc(C2CC2)n1)[C@H](C)n1cccn1. The van der Waals surface area contributed by atoms with E-state index >= 15 is 0 Å². The second kappa shape index (κ2) is 5.13. The van der Waals surface area contributed by atoms with Gasteiger partial charge in [-0.25, -0.2) is 0 Å². The Morgan fingerprint density at radius 2 is 2.32 bits per heavy atom. The van der Waals surface area contributed by atoms with Gasteiger partial charge in [0.2, 0.25) is 5.89 Å². The molecule has 1 aliphatic carbocycles. The Hall–Kier alpha value is -1.69. The topological polar surface area (TPSA) is 68.8 Å². The van der Waals surface area contributed by atoms with Crippen LogP contribution in [0.5, 0.6) is 0 Å². The summed E-state index contributed by atoms with van der Waals surface area (Å²) in [5.41, 5.74) is 0. The molecule has 1 saturated carbocycles. The van der Waals surface area contributed by atoms with Gasteiger partial charge in [0.1, 0.15) is 0 Å². The zero-order valence-electron chi connectivity index (χ0n) is 11.3. The van der Waals surface area contributed by atoms with E-state index in [0.29, 0.717) is 12.5 Å². The second-order valence-electron chi connectivity index (χ2n) is 5.22. The molecule has 0 aliphatic heterocycles. The predicted octanol–water partition coefficient (Wildman–Crippen LogP) is 1.88. The number of nitrogens with zero attached hydrogens (tertiary/aromatic N) is 4. The quantitative estimate of drug-likeness (QED) is 0.860. The molecule has 2 heterocycles. The van der Waals surface area contributed by atoms with Crippen LogP contribution < -0.4 is 5.32 Å². The molecule has 0 saturated heterocycles. The van der Waals surface area contributed by atoms with E-state index in [2.05, 4.69) is 34.4 Å². The van der Waals surface area contributed by atoms with Gasteiger partial charge in [0.25, 0.3) is 0 Å². The first-order chi connectivity index (χ1) is 9.24. The van der Waals surface area contributed by atoms with Gasteiger partial charge in [-0.05, 0) is 32.8 Å². The van der Waals surface area contributed by atoms with Crippen LogP contribution in [0.3, 0.4) is 0 Å². The maximum atomic E-state index is 5.23. The van der Waals surface area contributed by atoms with E-state index in [4.69, 9.17) is 4.52 Å². The fourth-order valence-corrected chi connectivity index (χ4v) is 2.01. The van der Waals surface area contributed by atoms with E-state index in [1.807, 2.05) is 16.9 Å². The fourth-order valence-electron chi connectivity index (χ4n) is 2.01. The summed E-state index contributed by atoms with van der Waals surface area (Å²) in [7, 11) is 0. The molecule has 2 aromatic heterocycles. The maximum absolute atomic E-state index is 5.23. The van der Waals surface area contributed by atoms with Crippen molar-refractivity contribution in [3.8, 4) is 0 Å². The maximum Gasteiger partial charge on any atom is 0.229 e. The summed E-state index contributed by atoms with van der Waals surface area (Å²) in [6.45, 7) is 4.90. The van der Waals surface area contributed by atoms with Gasteiger partial charge in [-0.15, -0.1) is 0 Å². The Morgan fingerprint density at radius 1 is 1.47 bits per heavy atom. The smallest absolute Gasteiger partial charge is 0.229 e. The van der Waals surface area contributed by atoms with Crippen LogP contribution in [0.15, 0.2) is 23.0 Å². The Bertz CT molecular complexity index is 517. The zero-order chi connectivity index (χ0) is 13.2. The van der Waals surface area contributed by atoms with Gasteiger partial charge in [-0.3, -0.25) is 4.68 Å². The Morgan fingerprint density at radius 3 is 3.00 bits per heavy atom. The van der Waals surface area contributed by atoms with Crippen molar-refractivity contribution in [2.45, 2.75) is 51.2 Å². The minimum absolute atomic E-state index is 0.280. The average Bonchev–Trinajstić information content (AvgIpc) is 2.96. The molecule has 2 atom stereocenters. The summed E-state index contributed by atoms with van der Waals surface area (Å²) in [6.07, 6.45) is 6.14. The number of aromatic nitrogens is 4. The van der Waals surface area contributed by atoms with Crippen LogP contribution >= 0.6 is 0 Å². The molecule has 0 bridgehead atoms. The molecule has 6 nitrogen and oxygen atoms in total. The highest BCUT2D eigenvalue weighted by Crippen LogP contribution is 2.38. The van der Waals surface area contributed by atoms with Crippen LogP contribution in [0.25, 0.3) is 0 Å². The van der Waals surface area contributed by atoms with Crippen LogP contribution in [0.1, 0.15) is 50.4 Å². The van der Waals surface area contributed by atoms with E-state index in [9.17, 15) is 0 Å². The number of hydrogen-bond acceptors (Lipinski definition) is 5. The first-order valence-electron chi connectivity index (χ1n) is 6.79. The van der Waals surface area contributed by atoms with Crippen molar-refractivity contribution >= 4 is 0 Å². The largest absolute Gasteiger partial charge is 0.339 e. The lowest BCUT2D eigenvalue weighted by atomic mass is 10.2. The number of nitrogens with one attached hydrogen (secondary N) is 1. The van der Waals surface area contributed by atoms with Gasteiger partial charge in [0.15, 0.2) is 5.82 Å². The Kier molecular flexibility index (Phi) is 3.33. The molecule has 0 spiro atoms. The summed E-state index contributed by atoms with van der Waals surface area (Å²) in [5, 5.41) is 11.7. The van der Waals surface area contributed by atoms with E-state index in [-0.39, 0.29) is 12.1 Å². The van der Waals surface area contributed by atoms with Gasteiger partial charge in [0.05, 0.1) is 12.6 Å². The normalized spacial score (nSPS) is 18.4. The Labute approximate surface area is 112 Å². The van der Waals surface area contributed by atoms with E-state index in [0.717, 1.165) is 11.7 Å². The van der Waals surface area contributed by atoms with Crippen molar-refractivity contribution in [3.63, 3.8) is 0 Å². The zero-order valence-corrected chi connectivity index (χ0v) is 11.3. The minimum Gasteiger partial charge on any atom is -0.339 e. The molecule has 1 N–H and O–H groups in total. The van der Waals surface area contributed by atoms with Crippen LogP contribution in [0, 0.1) is 0 Å². The average molecular weight is 261 g/mol. The molecule has 0 unspecified atom stereocenters. The summed E-state index contributed by atoms with van der Waals surface area (Å²) in [6, 6.07) is 2.50. The summed E-state index contributed by atoms with van der Waals surface area (Å²) >= 11 is 0. The predicted molar refractivity (Wildman–Crippen MR) is 69.5 cm³/mol. The Balaban J connectivity index is 1.53. The number of rotatable bonds is 6. The number of hydrogen-bond donors (Lipinski definition) is 1. The molecule has 3 rings (SSSR count). The van der Waals surface area contributed by atoms with Crippen molar-refractivity contribution in [3.05, 3.63) is 30.2 Å². The van der Waals surface area contributed by atoms with Crippen molar-refractivity contribution < 1.29 is 4.52 Å². The molecule has 102 valence electrons. The van der Waals surface area contributed by atoms with Crippen molar-refractivity contribution in [1.29, 1.82) is 0 Å². The molecule has 0 radical (unpaired) electrons. The molecular weight excluding hydrogens is 242 g/mol. The van der Waals surface area contributed by atoms with Crippen LogP contribution in [0.2, 0.25) is 0 Å². The van der Waals surface area contributed by atoms with E-state index in [1.54, 1.807) is 6.20 Å². The first-order valence-corrected chi connectivity index (χ1v) is 6.79. The van der Waals surface area contributed by atoms with Gasteiger partial charge in [0, 0.05) is 24.4 Å². The lowest BCUT2D eigenvalue weighted by molar-refractivity contribution is 0.350. The molecule has 1 fully saturated rings. The highest BCUT2D eigenvalue weighted by molar-refractivity contribution is 5.01. The fraction of sp³-hybridized carbons (Fsp3) is 0.615. The van der Waals surface area contributed by atoms with Crippen LogP contribution in [-0.4, -0.2) is 26.0 Å². The van der Waals surface area contributed by atoms with Gasteiger partial charge in [-0.1, -0.05) is 5.16 Å². The van der Waals surface area contributed by atoms with Gasteiger partial charge in [-0.2, -0.15) is 10.1 Å². The lowest BCUT2D eigenvalue weighted by Gasteiger charge is -2.20. The molecule has 6 heteroatoms. The summed E-state index contributed by atoms with van der Waals surface area (Å²) in [5.74, 6) is 2.05. The molecular formula is C13H19N5O. The molecule has 1 aliphatic rings. The second-order valence-corrected chi connectivity index (χ2v) is 5.22. The van der Waals surface area contributed by atoms with Gasteiger partial charge < -0.3 is 9.84 Å². The third-order valence-electron chi connectivity index (χ3n) is 3.66. The molecule has 19 heavy (non-hydrogen) atoms. The van der Waals surface area contributed by atoms with Gasteiger partial charge >= 0.3 is 0 Å². The standard InChI is InChI=1S/C13H19N5O/c1-9(10(2)18-7-3-6-15-18)14-8-12-16-13(19-17-12)11-4-5-11/h3,6-7,9-11,14H,4-5,8H2,1-2H3/t9-,10-/m0/s1. The minimum atomic E-state index is 0.280. The molecule has 2 aromatic rings. The summed E-state index contributed by atoms with van der Waals surface area (Å²) < 4.78 is 7.18. The molecule has 0 amide bonds. The third-order valence-corrected chi connectivity index (χ3v) is 3.66. The highest BCUT2D eigenvalue weighted by atomic mass is 16.5. The first kappa shape index (κ1) is 12.3. The summed E-state index contributed by atoms with van der Waals surface area (Å²) in [4.78, 5) is 4.40. The van der Waals surface area contributed by atoms with Crippen LogP contribution in [-0.2, 0) is 6.54 Å². The lowest BCUT2D eigenvalue weighted by Crippen LogP contribution is -2.33. The van der Waals surface area contributed by atoms with Crippen LogP contribution in [0.4, 0.5) is 0 Å². The van der Waals surface area contributed by atoms with E-state index in [1.165, 1.54) is 12.8 Å². The molecule has 0 aromatic carbocycles.